The van der Waals surface area contributed by atoms with Crippen molar-refractivity contribution in [2.45, 2.75) is 12.5 Å². The molecule has 1 aromatic carbocycles. The molecule has 1 rings (SSSR count). The minimum absolute atomic E-state index is 0.372. The van der Waals surface area contributed by atoms with Crippen LogP contribution in [0.15, 0.2) is 24.3 Å². The van der Waals surface area contributed by atoms with Crippen LogP contribution in [0.3, 0.4) is 0 Å². The average Bonchev–Trinajstić information content (AvgIpc) is 2.27. The maximum absolute atomic E-state index is 11.5. The fourth-order valence-electron chi connectivity index (χ4n) is 1.12. The van der Waals surface area contributed by atoms with Crippen molar-refractivity contribution in [2.24, 2.45) is 0 Å². The smallest absolute Gasteiger partial charge is 0.345 e. The van der Waals surface area contributed by atoms with E-state index < -0.39 is 5.56 Å². The van der Waals surface area contributed by atoms with E-state index in [4.69, 9.17) is 21.2 Å². The van der Waals surface area contributed by atoms with E-state index in [0.29, 0.717) is 11.4 Å². The highest BCUT2D eigenvalue weighted by Crippen LogP contribution is 2.19. The monoisotopic (exact) mass is 258 g/mol. The zero-order chi connectivity index (χ0) is 12.8. The van der Waals surface area contributed by atoms with E-state index in [1.807, 2.05) is 0 Å². The van der Waals surface area contributed by atoms with Gasteiger partial charge in [0.05, 0.1) is 7.11 Å². The van der Waals surface area contributed by atoms with Gasteiger partial charge in [0.25, 0.3) is 0 Å². The van der Waals surface area contributed by atoms with E-state index >= 15 is 0 Å². The first-order chi connectivity index (χ1) is 8.02. The van der Waals surface area contributed by atoms with E-state index in [-0.39, 0.29) is 6.03 Å². The summed E-state index contributed by atoms with van der Waals surface area (Å²) in [6.07, 6.45) is 0. The standard InChI is InChI=1S/C11H15ClN2O3/c1-8(12)17-10-6-4-5-9(7-10)13-11(15)14(2)16-3/h4-8H,1-3H3,(H,13,15). The summed E-state index contributed by atoms with van der Waals surface area (Å²) >= 11 is 5.71. The third kappa shape index (κ3) is 4.50. The molecule has 0 spiro atoms. The van der Waals surface area contributed by atoms with Crippen LogP contribution < -0.4 is 10.1 Å². The third-order valence-corrected chi connectivity index (χ3v) is 2.03. The zero-order valence-corrected chi connectivity index (χ0v) is 10.7. The summed E-state index contributed by atoms with van der Waals surface area (Å²) in [6.45, 7) is 1.71. The lowest BCUT2D eigenvalue weighted by atomic mass is 10.3. The van der Waals surface area contributed by atoms with Gasteiger partial charge in [-0.05, 0) is 19.1 Å². The Hall–Kier alpha value is -1.46. The van der Waals surface area contributed by atoms with E-state index in [1.54, 1.807) is 31.2 Å². The van der Waals surface area contributed by atoms with Gasteiger partial charge in [0.2, 0.25) is 0 Å². The van der Waals surface area contributed by atoms with Gasteiger partial charge in [0.15, 0.2) is 5.56 Å². The second-order valence-electron chi connectivity index (χ2n) is 3.30. The molecule has 0 aromatic heterocycles. The molecule has 0 aliphatic rings. The number of nitrogens with zero attached hydrogens (tertiary/aromatic N) is 1. The summed E-state index contributed by atoms with van der Waals surface area (Å²) in [6, 6.07) is 6.57. The molecule has 1 aromatic rings. The molecule has 0 heterocycles. The van der Waals surface area contributed by atoms with Gasteiger partial charge in [-0.25, -0.2) is 9.86 Å². The normalized spacial score (nSPS) is 11.8. The highest BCUT2D eigenvalue weighted by atomic mass is 35.5. The molecule has 94 valence electrons. The lowest BCUT2D eigenvalue weighted by Gasteiger charge is -2.15. The summed E-state index contributed by atoms with van der Waals surface area (Å²) in [5.41, 5.74) is 0.177. The van der Waals surface area contributed by atoms with E-state index in [0.717, 1.165) is 5.06 Å². The predicted molar refractivity (Wildman–Crippen MR) is 66.2 cm³/mol. The van der Waals surface area contributed by atoms with Crippen LogP contribution in [0.25, 0.3) is 0 Å². The fraction of sp³-hybridized carbons (Fsp3) is 0.364. The van der Waals surface area contributed by atoms with Gasteiger partial charge in [0, 0.05) is 18.8 Å². The molecule has 1 atom stereocenters. The Kier molecular flexibility index (Phi) is 5.06. The lowest BCUT2D eigenvalue weighted by molar-refractivity contribution is -0.0598. The molecule has 0 bridgehead atoms. The molecule has 5 nitrogen and oxygen atoms in total. The van der Waals surface area contributed by atoms with Gasteiger partial charge in [-0.2, -0.15) is 0 Å². The van der Waals surface area contributed by atoms with Gasteiger partial charge < -0.3 is 10.1 Å². The highest BCUT2D eigenvalue weighted by Gasteiger charge is 2.08. The molecule has 0 aliphatic carbocycles. The third-order valence-electron chi connectivity index (χ3n) is 1.94. The van der Waals surface area contributed by atoms with Crippen molar-refractivity contribution in [3.8, 4) is 5.75 Å². The molecule has 1 unspecified atom stereocenters. The number of hydroxylamine groups is 2. The molecule has 1 N–H and O–H groups in total. The van der Waals surface area contributed by atoms with Crippen molar-refractivity contribution in [1.82, 2.24) is 5.06 Å². The molecular formula is C11H15ClN2O3. The summed E-state index contributed by atoms with van der Waals surface area (Å²) in [5, 5.41) is 3.73. The first-order valence-electron chi connectivity index (χ1n) is 5.02. The van der Waals surface area contributed by atoms with Crippen molar-refractivity contribution in [2.75, 3.05) is 19.5 Å². The first-order valence-corrected chi connectivity index (χ1v) is 5.46. The molecule has 6 heteroatoms. The molecular weight excluding hydrogens is 244 g/mol. The van der Waals surface area contributed by atoms with Crippen LogP contribution in [0.1, 0.15) is 6.92 Å². The second kappa shape index (κ2) is 6.32. The number of halogens is 1. The van der Waals surface area contributed by atoms with Gasteiger partial charge >= 0.3 is 6.03 Å². The van der Waals surface area contributed by atoms with Crippen LogP contribution in [0.5, 0.6) is 5.75 Å². The number of hydrogen-bond acceptors (Lipinski definition) is 3. The maximum atomic E-state index is 11.5. The summed E-state index contributed by atoms with van der Waals surface area (Å²) in [7, 11) is 2.92. The van der Waals surface area contributed by atoms with Crippen molar-refractivity contribution in [3.05, 3.63) is 24.3 Å². The van der Waals surface area contributed by atoms with Gasteiger partial charge in [-0.1, -0.05) is 17.7 Å². The largest absolute Gasteiger partial charge is 0.475 e. The van der Waals surface area contributed by atoms with Gasteiger partial charge in [-0.15, -0.1) is 0 Å². The number of hydrogen-bond donors (Lipinski definition) is 1. The summed E-state index contributed by atoms with van der Waals surface area (Å²) < 4.78 is 5.29. The van der Waals surface area contributed by atoms with Crippen molar-refractivity contribution < 1.29 is 14.4 Å². The number of urea groups is 1. The average molecular weight is 259 g/mol. The van der Waals surface area contributed by atoms with Crippen molar-refractivity contribution in [3.63, 3.8) is 0 Å². The van der Waals surface area contributed by atoms with E-state index in [1.165, 1.54) is 14.2 Å². The van der Waals surface area contributed by atoms with Crippen molar-refractivity contribution in [1.29, 1.82) is 0 Å². The van der Waals surface area contributed by atoms with Crippen LogP contribution in [0.4, 0.5) is 10.5 Å². The Bertz CT molecular complexity index is 385. The molecule has 0 saturated heterocycles. The molecule has 0 radical (unpaired) electrons. The number of alkyl halides is 1. The molecule has 2 amide bonds. The van der Waals surface area contributed by atoms with Gasteiger partial charge in [0.1, 0.15) is 5.75 Å². The minimum atomic E-state index is -0.428. The summed E-state index contributed by atoms with van der Waals surface area (Å²) in [5.74, 6) is 0.588. The number of amides is 2. The number of benzene rings is 1. The number of ether oxygens (including phenoxy) is 1. The van der Waals surface area contributed by atoms with E-state index in [9.17, 15) is 4.79 Å². The number of carbonyl (C=O) groups is 1. The van der Waals surface area contributed by atoms with Gasteiger partial charge in [-0.3, -0.25) is 4.84 Å². The Balaban J connectivity index is 2.68. The number of anilines is 1. The Morgan fingerprint density at radius 1 is 1.53 bits per heavy atom. The summed E-state index contributed by atoms with van der Waals surface area (Å²) in [4.78, 5) is 16.2. The van der Waals surface area contributed by atoms with E-state index in [2.05, 4.69) is 5.32 Å². The van der Waals surface area contributed by atoms with Crippen LogP contribution in [-0.2, 0) is 4.84 Å². The number of carbonyl (C=O) groups excluding carboxylic acids is 1. The second-order valence-corrected chi connectivity index (χ2v) is 3.91. The fourth-order valence-corrected chi connectivity index (χ4v) is 1.22. The minimum Gasteiger partial charge on any atom is -0.475 e. The molecule has 17 heavy (non-hydrogen) atoms. The molecule has 0 saturated carbocycles. The van der Waals surface area contributed by atoms with Crippen LogP contribution in [0.2, 0.25) is 0 Å². The van der Waals surface area contributed by atoms with Crippen LogP contribution >= 0.6 is 11.6 Å². The van der Waals surface area contributed by atoms with Crippen molar-refractivity contribution >= 4 is 23.3 Å². The predicted octanol–water partition coefficient (Wildman–Crippen LogP) is 2.68. The number of rotatable bonds is 4. The van der Waals surface area contributed by atoms with Crippen LogP contribution in [0, 0.1) is 0 Å². The first kappa shape index (κ1) is 13.6. The topological polar surface area (TPSA) is 50.8 Å². The SMILES string of the molecule is CON(C)C(=O)Nc1cccc(OC(C)Cl)c1. The Morgan fingerprint density at radius 3 is 2.82 bits per heavy atom. The molecule has 0 aliphatic heterocycles. The molecule has 0 fully saturated rings. The Labute approximate surface area is 105 Å². The zero-order valence-electron chi connectivity index (χ0n) is 9.94. The maximum Gasteiger partial charge on any atom is 0.345 e. The Morgan fingerprint density at radius 2 is 2.24 bits per heavy atom. The quantitative estimate of drug-likeness (QED) is 0.667. The van der Waals surface area contributed by atoms with Crippen LogP contribution in [-0.4, -0.2) is 30.8 Å². The highest BCUT2D eigenvalue weighted by molar-refractivity contribution is 6.19. The number of nitrogens with one attached hydrogen (secondary N) is 1. The lowest BCUT2D eigenvalue weighted by Crippen LogP contribution is -2.30.